The molecule has 20 heavy (non-hydrogen) atoms. The normalized spacial score (nSPS) is 32.4. The van der Waals surface area contributed by atoms with Crippen molar-refractivity contribution in [3.63, 3.8) is 0 Å². The second-order valence-corrected chi connectivity index (χ2v) is 7.26. The van der Waals surface area contributed by atoms with Crippen LogP contribution in [0.5, 0.6) is 0 Å². The first kappa shape index (κ1) is 16.3. The Labute approximate surface area is 125 Å². The number of methoxy groups -OCH3 is 1. The van der Waals surface area contributed by atoms with Crippen molar-refractivity contribution in [2.75, 3.05) is 20.2 Å². The van der Waals surface area contributed by atoms with Crippen molar-refractivity contribution in [1.82, 2.24) is 4.90 Å². The highest BCUT2D eigenvalue weighted by Crippen LogP contribution is 2.39. The van der Waals surface area contributed by atoms with E-state index in [1.807, 2.05) is 7.11 Å². The van der Waals surface area contributed by atoms with Gasteiger partial charge in [0.25, 0.3) is 0 Å². The molecular weight excluding hydrogens is 248 g/mol. The molecule has 2 aliphatic carbocycles. The zero-order chi connectivity index (χ0) is 14.6. The van der Waals surface area contributed by atoms with Gasteiger partial charge in [0, 0.05) is 26.2 Å². The van der Waals surface area contributed by atoms with Gasteiger partial charge in [-0.2, -0.15) is 0 Å². The Morgan fingerprint density at radius 1 is 1.15 bits per heavy atom. The van der Waals surface area contributed by atoms with E-state index in [4.69, 9.17) is 10.5 Å². The second kappa shape index (κ2) is 7.24. The topological polar surface area (TPSA) is 38.5 Å². The molecular formula is C17H34N2O. The van der Waals surface area contributed by atoms with Crippen molar-refractivity contribution in [2.24, 2.45) is 11.7 Å². The molecule has 0 aromatic rings. The molecule has 118 valence electrons. The Bertz CT molecular complexity index is 289. The van der Waals surface area contributed by atoms with Crippen LogP contribution >= 0.6 is 0 Å². The van der Waals surface area contributed by atoms with E-state index in [0.717, 1.165) is 12.6 Å². The average molecular weight is 282 g/mol. The van der Waals surface area contributed by atoms with Crippen LogP contribution < -0.4 is 5.73 Å². The number of nitrogens with two attached hydrogens (primary N) is 1. The van der Waals surface area contributed by atoms with Crippen LogP contribution in [0.2, 0.25) is 0 Å². The molecule has 2 N–H and O–H groups in total. The minimum atomic E-state index is 0.0896. The molecule has 3 heteroatoms. The van der Waals surface area contributed by atoms with Gasteiger partial charge in [-0.25, -0.2) is 0 Å². The van der Waals surface area contributed by atoms with Gasteiger partial charge in [-0.15, -0.1) is 0 Å². The van der Waals surface area contributed by atoms with Crippen LogP contribution in [0.3, 0.4) is 0 Å². The van der Waals surface area contributed by atoms with Crippen molar-refractivity contribution in [2.45, 2.75) is 82.9 Å². The summed E-state index contributed by atoms with van der Waals surface area (Å²) < 4.78 is 5.90. The van der Waals surface area contributed by atoms with Gasteiger partial charge in [-0.05, 0) is 31.6 Å². The number of nitrogens with zero attached hydrogens (tertiary/aromatic N) is 1. The van der Waals surface area contributed by atoms with Crippen LogP contribution in [-0.2, 0) is 4.74 Å². The minimum Gasteiger partial charge on any atom is -0.379 e. The summed E-state index contributed by atoms with van der Waals surface area (Å²) in [6.07, 6.45) is 10.8. The lowest BCUT2D eigenvalue weighted by atomic mass is 9.76. The molecule has 0 amide bonds. The first-order valence-corrected chi connectivity index (χ1v) is 8.63. The van der Waals surface area contributed by atoms with Gasteiger partial charge in [0.15, 0.2) is 0 Å². The van der Waals surface area contributed by atoms with E-state index in [-0.39, 0.29) is 5.54 Å². The number of hydrogen-bond acceptors (Lipinski definition) is 3. The maximum atomic E-state index is 6.33. The lowest BCUT2D eigenvalue weighted by Crippen LogP contribution is -2.65. The summed E-state index contributed by atoms with van der Waals surface area (Å²) in [5, 5.41) is 0. The van der Waals surface area contributed by atoms with E-state index in [0.29, 0.717) is 12.0 Å². The first-order chi connectivity index (χ1) is 9.64. The third-order valence-electron chi connectivity index (χ3n) is 5.46. The van der Waals surface area contributed by atoms with Gasteiger partial charge in [0.05, 0.1) is 11.6 Å². The molecule has 2 saturated carbocycles. The van der Waals surface area contributed by atoms with Gasteiger partial charge in [0.2, 0.25) is 0 Å². The molecule has 3 nitrogen and oxygen atoms in total. The van der Waals surface area contributed by atoms with Gasteiger partial charge < -0.3 is 10.5 Å². The third kappa shape index (κ3) is 3.20. The van der Waals surface area contributed by atoms with E-state index in [9.17, 15) is 0 Å². The molecule has 0 saturated heterocycles. The quantitative estimate of drug-likeness (QED) is 0.813. The zero-order valence-corrected chi connectivity index (χ0v) is 13.7. The molecule has 2 atom stereocenters. The fourth-order valence-corrected chi connectivity index (χ4v) is 4.51. The Morgan fingerprint density at radius 3 is 2.35 bits per heavy atom. The van der Waals surface area contributed by atoms with Crippen molar-refractivity contribution in [3.8, 4) is 0 Å². The summed E-state index contributed by atoms with van der Waals surface area (Å²) in [6.45, 7) is 6.57. The standard InChI is InChI=1S/C17H34N2O/c1-14(2)12-19(15-8-4-5-9-15)17(13-18)11-7-6-10-16(17)20-3/h14-16H,4-13,18H2,1-3H3. The van der Waals surface area contributed by atoms with Crippen molar-refractivity contribution < 1.29 is 4.74 Å². The van der Waals surface area contributed by atoms with Crippen LogP contribution in [-0.4, -0.2) is 42.8 Å². The Hall–Kier alpha value is -0.120. The van der Waals surface area contributed by atoms with Crippen LogP contribution in [0.4, 0.5) is 0 Å². The molecule has 2 aliphatic rings. The van der Waals surface area contributed by atoms with Crippen molar-refractivity contribution >= 4 is 0 Å². The summed E-state index contributed by atoms with van der Waals surface area (Å²) in [4.78, 5) is 2.78. The Kier molecular flexibility index (Phi) is 5.88. The van der Waals surface area contributed by atoms with Gasteiger partial charge in [0.1, 0.15) is 0 Å². The molecule has 0 bridgehead atoms. The number of ether oxygens (including phenoxy) is 1. The molecule has 2 unspecified atom stereocenters. The van der Waals surface area contributed by atoms with E-state index >= 15 is 0 Å². The molecule has 2 fully saturated rings. The van der Waals surface area contributed by atoms with Crippen LogP contribution in [0, 0.1) is 5.92 Å². The fraction of sp³-hybridized carbons (Fsp3) is 1.00. The van der Waals surface area contributed by atoms with Gasteiger partial charge in [-0.1, -0.05) is 39.5 Å². The van der Waals surface area contributed by atoms with Crippen LogP contribution in [0.1, 0.15) is 65.2 Å². The molecule has 0 aromatic heterocycles. The summed E-state index contributed by atoms with van der Waals surface area (Å²) in [5.41, 5.74) is 6.42. The Morgan fingerprint density at radius 2 is 1.80 bits per heavy atom. The highest BCUT2D eigenvalue weighted by Gasteiger charge is 2.47. The minimum absolute atomic E-state index is 0.0896. The third-order valence-corrected chi connectivity index (χ3v) is 5.46. The maximum absolute atomic E-state index is 6.33. The lowest BCUT2D eigenvalue weighted by Gasteiger charge is -2.53. The van der Waals surface area contributed by atoms with E-state index < -0.39 is 0 Å². The number of hydrogen-bond donors (Lipinski definition) is 1. The second-order valence-electron chi connectivity index (χ2n) is 7.26. The van der Waals surface area contributed by atoms with Gasteiger partial charge >= 0.3 is 0 Å². The van der Waals surface area contributed by atoms with Crippen molar-refractivity contribution in [1.29, 1.82) is 0 Å². The smallest absolute Gasteiger partial charge is 0.0767 e. The molecule has 2 rings (SSSR count). The average Bonchev–Trinajstić information content (AvgIpc) is 2.98. The summed E-state index contributed by atoms with van der Waals surface area (Å²) in [7, 11) is 1.88. The lowest BCUT2D eigenvalue weighted by molar-refractivity contribution is -0.0948. The zero-order valence-electron chi connectivity index (χ0n) is 13.7. The monoisotopic (exact) mass is 282 g/mol. The predicted octanol–water partition coefficient (Wildman–Crippen LogP) is 3.17. The highest BCUT2D eigenvalue weighted by atomic mass is 16.5. The van der Waals surface area contributed by atoms with E-state index in [1.165, 1.54) is 57.9 Å². The molecule has 0 heterocycles. The highest BCUT2D eigenvalue weighted by molar-refractivity contribution is 5.04. The van der Waals surface area contributed by atoms with E-state index in [2.05, 4.69) is 18.7 Å². The van der Waals surface area contributed by atoms with E-state index in [1.54, 1.807) is 0 Å². The van der Waals surface area contributed by atoms with Gasteiger partial charge in [-0.3, -0.25) is 4.90 Å². The van der Waals surface area contributed by atoms with Crippen LogP contribution in [0.25, 0.3) is 0 Å². The largest absolute Gasteiger partial charge is 0.379 e. The molecule has 0 aromatic carbocycles. The summed E-state index contributed by atoms with van der Waals surface area (Å²) in [6, 6.07) is 0.733. The molecule has 0 spiro atoms. The van der Waals surface area contributed by atoms with Crippen LogP contribution in [0.15, 0.2) is 0 Å². The first-order valence-electron chi connectivity index (χ1n) is 8.63. The van der Waals surface area contributed by atoms with Crippen molar-refractivity contribution in [3.05, 3.63) is 0 Å². The summed E-state index contributed by atoms with van der Waals surface area (Å²) in [5.74, 6) is 0.693. The molecule has 0 radical (unpaired) electrons. The fourth-order valence-electron chi connectivity index (χ4n) is 4.51. The Balaban J connectivity index is 2.25. The summed E-state index contributed by atoms with van der Waals surface area (Å²) >= 11 is 0. The maximum Gasteiger partial charge on any atom is 0.0767 e. The predicted molar refractivity (Wildman–Crippen MR) is 84.9 cm³/mol. The number of rotatable bonds is 6. The molecule has 0 aliphatic heterocycles. The SMILES string of the molecule is COC1CCCCC1(CN)N(CC(C)C)C1CCCC1.